The van der Waals surface area contributed by atoms with Crippen molar-refractivity contribution in [2.45, 2.75) is 13.0 Å². The molecule has 0 radical (unpaired) electrons. The largest absolute Gasteiger partial charge is 0.379 e. The summed E-state index contributed by atoms with van der Waals surface area (Å²) in [7, 11) is -0.230. The zero-order valence-corrected chi connectivity index (χ0v) is 13.8. The summed E-state index contributed by atoms with van der Waals surface area (Å²) < 4.78 is 30.6. The van der Waals surface area contributed by atoms with E-state index in [1.807, 2.05) is 0 Å². The second-order valence-electron chi connectivity index (χ2n) is 5.60. The van der Waals surface area contributed by atoms with Crippen LogP contribution < -0.4 is 5.32 Å². The quantitative estimate of drug-likeness (QED) is 0.770. The minimum atomic E-state index is -3.28. The number of carbonyl (C=O) groups excluding carboxylic acids is 1. The number of ketones is 1. The van der Waals surface area contributed by atoms with Crippen LogP contribution in [0.3, 0.4) is 0 Å². The standard InChI is InChI=1S/C14H21N3O4S/c1-10(18)11-4-5-14(15-6-11)16-13-8-21-7-12(13)9-22(19,20)17(2)3/h4-6,12-13H,7-9H2,1-3H3,(H,15,16)/t12-,13+/m0/s1. The fourth-order valence-corrected chi connectivity index (χ4v) is 3.39. The normalized spacial score (nSPS) is 22.0. The van der Waals surface area contributed by atoms with Gasteiger partial charge in [-0.25, -0.2) is 17.7 Å². The van der Waals surface area contributed by atoms with Crippen LogP contribution in [0.4, 0.5) is 5.82 Å². The molecule has 1 saturated heterocycles. The number of ether oxygens (including phenoxy) is 1. The molecule has 7 nitrogen and oxygen atoms in total. The molecule has 1 aliphatic rings. The van der Waals surface area contributed by atoms with E-state index < -0.39 is 10.0 Å². The molecule has 2 atom stereocenters. The lowest BCUT2D eigenvalue weighted by Gasteiger charge is -2.21. The minimum absolute atomic E-state index is 0.0309. The van der Waals surface area contributed by atoms with Gasteiger partial charge in [0.15, 0.2) is 5.78 Å². The summed E-state index contributed by atoms with van der Waals surface area (Å²) in [6, 6.07) is 3.29. The van der Waals surface area contributed by atoms with E-state index in [-0.39, 0.29) is 23.5 Å². The monoisotopic (exact) mass is 327 g/mol. The molecule has 1 N–H and O–H groups in total. The lowest BCUT2D eigenvalue weighted by molar-refractivity contribution is 0.101. The van der Waals surface area contributed by atoms with Crippen molar-refractivity contribution < 1.29 is 17.9 Å². The topological polar surface area (TPSA) is 88.6 Å². The van der Waals surface area contributed by atoms with Crippen molar-refractivity contribution in [1.82, 2.24) is 9.29 Å². The molecule has 2 rings (SSSR count). The summed E-state index contributed by atoms with van der Waals surface area (Å²) in [5, 5.41) is 3.19. The maximum absolute atomic E-state index is 12.0. The van der Waals surface area contributed by atoms with Crippen molar-refractivity contribution in [3.63, 3.8) is 0 Å². The fourth-order valence-electron chi connectivity index (χ4n) is 2.22. The summed E-state index contributed by atoms with van der Waals surface area (Å²) in [6.07, 6.45) is 1.51. The molecule has 0 aliphatic carbocycles. The summed E-state index contributed by atoms with van der Waals surface area (Å²) >= 11 is 0. The third-order valence-electron chi connectivity index (χ3n) is 3.68. The first-order valence-corrected chi connectivity index (χ1v) is 8.62. The highest BCUT2D eigenvalue weighted by atomic mass is 32.2. The van der Waals surface area contributed by atoms with Crippen LogP contribution in [-0.4, -0.2) is 62.6 Å². The van der Waals surface area contributed by atoms with E-state index in [2.05, 4.69) is 10.3 Å². The van der Waals surface area contributed by atoms with Gasteiger partial charge in [0.1, 0.15) is 5.82 Å². The lowest BCUT2D eigenvalue weighted by Crippen LogP contribution is -2.36. The number of hydrogen-bond donors (Lipinski definition) is 1. The van der Waals surface area contributed by atoms with Gasteiger partial charge < -0.3 is 10.1 Å². The first kappa shape index (κ1) is 16.9. The maximum Gasteiger partial charge on any atom is 0.214 e. The Bertz CT molecular complexity index is 628. The SMILES string of the molecule is CC(=O)c1ccc(N[C@@H]2COC[C@H]2CS(=O)(=O)N(C)C)nc1. The zero-order valence-electron chi connectivity index (χ0n) is 12.9. The van der Waals surface area contributed by atoms with Gasteiger partial charge in [0.25, 0.3) is 0 Å². The summed E-state index contributed by atoms with van der Waals surface area (Å²) in [6.45, 7) is 2.32. The molecule has 0 spiro atoms. The first-order valence-electron chi connectivity index (χ1n) is 7.01. The van der Waals surface area contributed by atoms with Crippen molar-refractivity contribution in [3.8, 4) is 0 Å². The Hall–Kier alpha value is -1.51. The third-order valence-corrected chi connectivity index (χ3v) is 5.64. The molecule has 1 aliphatic heterocycles. The Balaban J connectivity index is 2.03. The highest BCUT2D eigenvalue weighted by Crippen LogP contribution is 2.20. The van der Waals surface area contributed by atoms with Gasteiger partial charge in [-0.3, -0.25) is 4.79 Å². The molecule has 0 bridgehead atoms. The number of nitrogens with one attached hydrogen (secondary N) is 1. The molecule has 122 valence electrons. The molecule has 2 heterocycles. The van der Waals surface area contributed by atoms with E-state index in [9.17, 15) is 13.2 Å². The van der Waals surface area contributed by atoms with Crippen molar-refractivity contribution in [1.29, 1.82) is 0 Å². The second kappa shape index (κ2) is 6.72. The van der Waals surface area contributed by atoms with Crippen LogP contribution in [0.15, 0.2) is 18.3 Å². The Labute approximate surface area is 130 Å². The van der Waals surface area contributed by atoms with E-state index in [1.165, 1.54) is 31.5 Å². The lowest BCUT2D eigenvalue weighted by atomic mass is 10.1. The molecule has 1 fully saturated rings. The molecule has 22 heavy (non-hydrogen) atoms. The Kier molecular flexibility index (Phi) is 5.15. The number of pyridine rings is 1. The highest BCUT2D eigenvalue weighted by Gasteiger charge is 2.33. The minimum Gasteiger partial charge on any atom is -0.379 e. The van der Waals surface area contributed by atoms with Crippen LogP contribution in [0.5, 0.6) is 0 Å². The van der Waals surface area contributed by atoms with E-state index in [4.69, 9.17) is 4.74 Å². The average molecular weight is 327 g/mol. The number of nitrogens with zero attached hydrogens (tertiary/aromatic N) is 2. The summed E-state index contributed by atoms with van der Waals surface area (Å²) in [4.78, 5) is 15.4. The first-order chi connectivity index (χ1) is 10.3. The van der Waals surface area contributed by atoms with Crippen LogP contribution in [-0.2, 0) is 14.8 Å². The highest BCUT2D eigenvalue weighted by molar-refractivity contribution is 7.89. The van der Waals surface area contributed by atoms with E-state index in [0.29, 0.717) is 24.6 Å². The van der Waals surface area contributed by atoms with Crippen LogP contribution in [0, 0.1) is 5.92 Å². The summed E-state index contributed by atoms with van der Waals surface area (Å²) in [5.74, 6) is 0.455. The molecular weight excluding hydrogens is 306 g/mol. The number of carbonyl (C=O) groups is 1. The predicted molar refractivity (Wildman–Crippen MR) is 83.4 cm³/mol. The molecule has 8 heteroatoms. The number of hydrogen-bond acceptors (Lipinski definition) is 6. The van der Waals surface area contributed by atoms with Crippen LogP contribution >= 0.6 is 0 Å². The van der Waals surface area contributed by atoms with Crippen LogP contribution in [0.2, 0.25) is 0 Å². The molecule has 0 saturated carbocycles. The number of rotatable bonds is 6. The Morgan fingerprint density at radius 3 is 2.68 bits per heavy atom. The number of aromatic nitrogens is 1. The maximum atomic E-state index is 12.0. The van der Waals surface area contributed by atoms with Crippen molar-refractivity contribution in [3.05, 3.63) is 23.9 Å². The van der Waals surface area contributed by atoms with Gasteiger partial charge in [0.05, 0.1) is 25.0 Å². The number of Topliss-reactive ketones (excluding diaryl/α,β-unsaturated/α-hetero) is 1. The molecular formula is C14H21N3O4S. The average Bonchev–Trinajstić information content (AvgIpc) is 2.85. The van der Waals surface area contributed by atoms with E-state index >= 15 is 0 Å². The predicted octanol–water partition coefficient (Wildman–Crippen LogP) is 0.603. The van der Waals surface area contributed by atoms with E-state index in [0.717, 1.165) is 0 Å². The molecule has 1 aromatic heterocycles. The van der Waals surface area contributed by atoms with Crippen LogP contribution in [0.25, 0.3) is 0 Å². The van der Waals surface area contributed by atoms with E-state index in [1.54, 1.807) is 12.1 Å². The van der Waals surface area contributed by atoms with Gasteiger partial charge >= 0.3 is 0 Å². The van der Waals surface area contributed by atoms with Gasteiger partial charge in [-0.15, -0.1) is 0 Å². The van der Waals surface area contributed by atoms with Gasteiger partial charge in [0.2, 0.25) is 10.0 Å². The Morgan fingerprint density at radius 1 is 1.41 bits per heavy atom. The third kappa shape index (κ3) is 4.02. The van der Waals surface area contributed by atoms with Crippen LogP contribution in [0.1, 0.15) is 17.3 Å². The van der Waals surface area contributed by atoms with Gasteiger partial charge in [0, 0.05) is 31.8 Å². The second-order valence-corrected chi connectivity index (χ2v) is 7.83. The smallest absolute Gasteiger partial charge is 0.214 e. The van der Waals surface area contributed by atoms with Gasteiger partial charge in [-0.1, -0.05) is 0 Å². The zero-order chi connectivity index (χ0) is 16.3. The van der Waals surface area contributed by atoms with Crippen molar-refractivity contribution in [2.24, 2.45) is 5.92 Å². The van der Waals surface area contributed by atoms with Crippen molar-refractivity contribution >= 4 is 21.6 Å². The molecule has 0 aromatic carbocycles. The number of sulfonamides is 1. The van der Waals surface area contributed by atoms with Gasteiger partial charge in [-0.2, -0.15) is 0 Å². The Morgan fingerprint density at radius 2 is 2.14 bits per heavy atom. The summed E-state index contributed by atoms with van der Waals surface area (Å²) in [5.41, 5.74) is 0.542. The fraction of sp³-hybridized carbons (Fsp3) is 0.571. The van der Waals surface area contributed by atoms with Crippen molar-refractivity contribution in [2.75, 3.05) is 38.4 Å². The van der Waals surface area contributed by atoms with Gasteiger partial charge in [-0.05, 0) is 19.1 Å². The molecule has 0 unspecified atom stereocenters. The molecule has 1 aromatic rings. The molecule has 0 amide bonds. The number of anilines is 1.